The fourth-order valence-corrected chi connectivity index (χ4v) is 4.49. The number of nitrogens with zero attached hydrogens (tertiary/aromatic N) is 2. The van der Waals surface area contributed by atoms with Crippen LogP contribution in [0.2, 0.25) is 0 Å². The second-order valence-corrected chi connectivity index (χ2v) is 8.19. The maximum absolute atomic E-state index is 13.3. The highest BCUT2D eigenvalue weighted by Gasteiger charge is 2.47. The fraction of sp³-hybridized carbons (Fsp3) is 0.407. The maximum Gasteiger partial charge on any atom is 0.295 e. The van der Waals surface area contributed by atoms with Gasteiger partial charge in [-0.2, -0.15) is 0 Å². The van der Waals surface area contributed by atoms with Crippen LogP contribution < -0.4 is 14.2 Å². The molecule has 0 aliphatic carbocycles. The normalized spacial score (nSPS) is 17.2. The smallest absolute Gasteiger partial charge is 0.295 e. The van der Waals surface area contributed by atoms with E-state index in [1.165, 1.54) is 26.2 Å². The van der Waals surface area contributed by atoms with Crippen molar-refractivity contribution in [2.24, 2.45) is 0 Å². The Morgan fingerprint density at radius 2 is 1.71 bits per heavy atom. The molecule has 1 fully saturated rings. The van der Waals surface area contributed by atoms with Crippen LogP contribution in [0.4, 0.5) is 0 Å². The number of hydrogen-bond acceptors (Lipinski definition) is 7. The molecule has 1 N–H and O–H groups in total. The highest BCUT2D eigenvalue weighted by Crippen LogP contribution is 2.45. The third-order valence-electron chi connectivity index (χ3n) is 6.38. The van der Waals surface area contributed by atoms with Gasteiger partial charge in [-0.1, -0.05) is 38.1 Å². The summed E-state index contributed by atoms with van der Waals surface area (Å²) in [5.41, 5.74) is 0.966. The molecule has 0 spiro atoms. The van der Waals surface area contributed by atoms with Gasteiger partial charge in [-0.15, -0.1) is 0 Å². The highest BCUT2D eigenvalue weighted by atomic mass is 16.5. The molecule has 8 heteroatoms. The summed E-state index contributed by atoms with van der Waals surface area (Å²) >= 11 is 0. The lowest BCUT2D eigenvalue weighted by molar-refractivity contribution is -0.140. The van der Waals surface area contributed by atoms with Gasteiger partial charge in [-0.05, 0) is 44.3 Å². The molecular weight excluding hydrogens is 448 g/mol. The number of hydrogen-bond donors (Lipinski definition) is 1. The number of Topliss-reactive ketones (excluding diaryl/α,β-unsaturated/α-hetero) is 1. The van der Waals surface area contributed by atoms with Gasteiger partial charge in [0.05, 0.1) is 32.9 Å². The number of aliphatic hydroxyl groups is 1. The van der Waals surface area contributed by atoms with E-state index in [9.17, 15) is 14.7 Å². The monoisotopic (exact) mass is 482 g/mol. The number of likely N-dealkylation sites (tertiary alicyclic amines) is 1. The molecule has 1 heterocycles. The van der Waals surface area contributed by atoms with Crippen molar-refractivity contribution >= 4 is 17.4 Å². The molecule has 0 unspecified atom stereocenters. The Kier molecular flexibility index (Phi) is 8.76. The lowest BCUT2D eigenvalue weighted by atomic mass is 9.94. The second-order valence-electron chi connectivity index (χ2n) is 8.19. The van der Waals surface area contributed by atoms with Crippen molar-refractivity contribution in [3.8, 4) is 17.2 Å². The van der Waals surface area contributed by atoms with E-state index >= 15 is 0 Å². The Labute approximate surface area is 206 Å². The van der Waals surface area contributed by atoms with Crippen LogP contribution in [0.3, 0.4) is 0 Å². The van der Waals surface area contributed by atoms with Gasteiger partial charge in [0, 0.05) is 17.7 Å². The predicted molar refractivity (Wildman–Crippen MR) is 134 cm³/mol. The molecule has 2 aromatic rings. The van der Waals surface area contributed by atoms with E-state index in [2.05, 4.69) is 18.7 Å². The number of carbonyl (C=O) groups excluding carboxylic acids is 2. The van der Waals surface area contributed by atoms with Crippen LogP contribution in [0.1, 0.15) is 37.4 Å². The summed E-state index contributed by atoms with van der Waals surface area (Å²) < 4.78 is 16.4. The highest BCUT2D eigenvalue weighted by molar-refractivity contribution is 6.46. The van der Waals surface area contributed by atoms with Crippen LogP contribution in [-0.4, -0.2) is 74.1 Å². The molecule has 3 rings (SSSR count). The SMILES string of the molecule is CCN(CC)CCCN1C(=O)C(=O)/C(=C(/O)c2cccc(OC)c2)[C@H]1c1cccc(OC)c1OC. The topological polar surface area (TPSA) is 88.5 Å². The third kappa shape index (κ3) is 5.27. The summed E-state index contributed by atoms with van der Waals surface area (Å²) in [5, 5.41) is 11.3. The summed E-state index contributed by atoms with van der Waals surface area (Å²) in [6.45, 7) is 7.11. The van der Waals surface area contributed by atoms with E-state index < -0.39 is 17.7 Å². The van der Waals surface area contributed by atoms with Crippen molar-refractivity contribution in [2.75, 3.05) is 47.5 Å². The van der Waals surface area contributed by atoms with E-state index in [4.69, 9.17) is 14.2 Å². The van der Waals surface area contributed by atoms with Gasteiger partial charge in [0.15, 0.2) is 11.5 Å². The molecule has 35 heavy (non-hydrogen) atoms. The first kappa shape index (κ1) is 26.1. The largest absolute Gasteiger partial charge is 0.507 e. The first-order valence-corrected chi connectivity index (χ1v) is 11.8. The molecule has 0 aromatic heterocycles. The summed E-state index contributed by atoms with van der Waals surface area (Å²) in [6, 6.07) is 11.2. The molecular formula is C27H34N2O6. The third-order valence-corrected chi connectivity index (χ3v) is 6.38. The number of benzene rings is 2. The molecule has 1 aliphatic heterocycles. The quantitative estimate of drug-likeness (QED) is 0.296. The Bertz CT molecular complexity index is 1090. The van der Waals surface area contributed by atoms with Gasteiger partial charge >= 0.3 is 0 Å². The van der Waals surface area contributed by atoms with Gasteiger partial charge < -0.3 is 29.1 Å². The van der Waals surface area contributed by atoms with Crippen molar-refractivity contribution < 1.29 is 28.9 Å². The van der Waals surface area contributed by atoms with Crippen LogP contribution >= 0.6 is 0 Å². The average molecular weight is 483 g/mol. The van der Waals surface area contributed by atoms with Crippen molar-refractivity contribution in [3.63, 3.8) is 0 Å². The van der Waals surface area contributed by atoms with Crippen LogP contribution in [0.5, 0.6) is 17.2 Å². The molecule has 1 atom stereocenters. The predicted octanol–water partition coefficient (Wildman–Crippen LogP) is 3.87. The Balaban J connectivity index is 2.15. The zero-order chi connectivity index (χ0) is 25.5. The number of ketones is 1. The van der Waals surface area contributed by atoms with Crippen LogP contribution in [-0.2, 0) is 9.59 Å². The zero-order valence-corrected chi connectivity index (χ0v) is 21.0. The van der Waals surface area contributed by atoms with Gasteiger partial charge in [0.25, 0.3) is 11.7 Å². The molecule has 0 radical (unpaired) electrons. The van der Waals surface area contributed by atoms with Gasteiger partial charge in [0.1, 0.15) is 11.5 Å². The van der Waals surface area contributed by atoms with Gasteiger partial charge in [0.2, 0.25) is 0 Å². The van der Waals surface area contributed by atoms with Crippen molar-refractivity contribution in [1.82, 2.24) is 9.80 Å². The van der Waals surface area contributed by atoms with Crippen LogP contribution in [0.25, 0.3) is 5.76 Å². The Morgan fingerprint density at radius 1 is 1.00 bits per heavy atom. The van der Waals surface area contributed by atoms with Crippen molar-refractivity contribution in [1.29, 1.82) is 0 Å². The molecule has 1 amide bonds. The minimum absolute atomic E-state index is 0.0117. The van der Waals surface area contributed by atoms with Gasteiger partial charge in [-0.25, -0.2) is 0 Å². The molecule has 0 bridgehead atoms. The molecule has 8 nitrogen and oxygen atoms in total. The maximum atomic E-state index is 13.3. The number of carbonyl (C=O) groups is 2. The minimum Gasteiger partial charge on any atom is -0.507 e. The molecule has 1 aliphatic rings. The first-order valence-electron chi connectivity index (χ1n) is 11.8. The summed E-state index contributed by atoms with van der Waals surface area (Å²) in [7, 11) is 4.56. The van der Waals surface area contributed by atoms with Crippen LogP contribution in [0.15, 0.2) is 48.0 Å². The average Bonchev–Trinajstić information content (AvgIpc) is 3.14. The Hall–Kier alpha value is -3.52. The zero-order valence-electron chi connectivity index (χ0n) is 21.0. The van der Waals surface area contributed by atoms with Crippen molar-refractivity contribution in [3.05, 3.63) is 59.2 Å². The number of methoxy groups -OCH3 is 3. The van der Waals surface area contributed by atoms with Crippen molar-refractivity contribution in [2.45, 2.75) is 26.3 Å². The lowest BCUT2D eigenvalue weighted by Gasteiger charge is -2.28. The molecule has 2 aromatic carbocycles. The number of para-hydroxylation sites is 1. The van der Waals surface area contributed by atoms with E-state index in [0.29, 0.717) is 41.3 Å². The van der Waals surface area contributed by atoms with E-state index in [0.717, 1.165) is 19.6 Å². The lowest BCUT2D eigenvalue weighted by Crippen LogP contribution is -2.33. The second kappa shape index (κ2) is 11.8. The molecule has 188 valence electrons. The number of rotatable bonds is 11. The van der Waals surface area contributed by atoms with Crippen LogP contribution in [0, 0.1) is 0 Å². The summed E-state index contributed by atoms with van der Waals surface area (Å²) in [5.74, 6) is -0.236. The van der Waals surface area contributed by atoms with Gasteiger partial charge in [-0.3, -0.25) is 9.59 Å². The van der Waals surface area contributed by atoms with E-state index in [-0.39, 0.29) is 11.3 Å². The van der Waals surface area contributed by atoms with E-state index in [1.807, 2.05) is 0 Å². The Morgan fingerprint density at radius 3 is 2.34 bits per heavy atom. The van der Waals surface area contributed by atoms with E-state index in [1.54, 1.807) is 42.5 Å². The standard InChI is InChI=1S/C27H34N2O6/c1-6-28(7-2)15-10-16-29-23(20-13-9-14-21(34-4)26(20)35-5)22(25(31)27(29)32)24(30)18-11-8-12-19(17-18)33-3/h8-9,11-14,17,23,30H,6-7,10,15-16H2,1-5H3/b24-22+/t23-/m1/s1. The number of amides is 1. The number of ether oxygens (including phenoxy) is 3. The summed E-state index contributed by atoms with van der Waals surface area (Å²) in [6.07, 6.45) is 0.677. The summed E-state index contributed by atoms with van der Waals surface area (Å²) in [4.78, 5) is 30.3. The molecule has 0 saturated carbocycles. The fourth-order valence-electron chi connectivity index (χ4n) is 4.49. The molecule has 1 saturated heterocycles. The minimum atomic E-state index is -0.831. The first-order chi connectivity index (χ1) is 16.9. The number of aliphatic hydroxyl groups excluding tert-OH is 1.